The minimum absolute atomic E-state index is 0.0748. The number of amides is 1. The molecule has 116 valence electrons. The van der Waals surface area contributed by atoms with Crippen LogP contribution in [0, 0.1) is 0 Å². The highest BCUT2D eigenvalue weighted by atomic mass is 16.5. The maximum absolute atomic E-state index is 12.3. The monoisotopic (exact) mass is 291 g/mol. The molecule has 1 atom stereocenters. The highest BCUT2D eigenvalue weighted by molar-refractivity contribution is 5.95. The normalized spacial score (nSPS) is 18.7. The van der Waals surface area contributed by atoms with Gasteiger partial charge in [0.15, 0.2) is 0 Å². The lowest BCUT2D eigenvalue weighted by molar-refractivity contribution is -0.128. The van der Waals surface area contributed by atoms with Crippen LogP contribution in [0.15, 0.2) is 24.3 Å². The molecule has 1 fully saturated rings. The highest BCUT2D eigenvalue weighted by Gasteiger charge is 2.22. The van der Waals surface area contributed by atoms with E-state index in [4.69, 9.17) is 4.74 Å². The molecule has 0 saturated carbocycles. The van der Waals surface area contributed by atoms with E-state index < -0.39 is 6.10 Å². The number of carbonyl (C=O) groups excluding carboxylic acids is 1. The van der Waals surface area contributed by atoms with Crippen LogP contribution in [0.25, 0.3) is 0 Å². The fraction of sp³-hybridized carbons (Fsp3) is 0.562. The van der Waals surface area contributed by atoms with E-state index in [0.29, 0.717) is 13.2 Å². The minimum Gasteiger partial charge on any atom is -0.366 e. The van der Waals surface area contributed by atoms with Crippen LogP contribution in [0.3, 0.4) is 0 Å². The van der Waals surface area contributed by atoms with Crippen LogP contribution >= 0.6 is 0 Å². The van der Waals surface area contributed by atoms with Crippen LogP contribution in [-0.4, -0.2) is 49.7 Å². The molecule has 1 saturated heterocycles. The van der Waals surface area contributed by atoms with E-state index in [2.05, 4.69) is 35.4 Å². The van der Waals surface area contributed by atoms with Crippen LogP contribution in [-0.2, 0) is 16.1 Å². The molecule has 0 aliphatic carbocycles. The van der Waals surface area contributed by atoms with Crippen molar-refractivity contribution in [2.45, 2.75) is 26.5 Å². The largest absolute Gasteiger partial charge is 0.366 e. The van der Waals surface area contributed by atoms with Crippen LogP contribution in [0.4, 0.5) is 5.69 Å². The lowest BCUT2D eigenvalue weighted by atomic mass is 10.1. The summed E-state index contributed by atoms with van der Waals surface area (Å²) in [5.41, 5.74) is 2.02. The molecule has 5 heteroatoms. The van der Waals surface area contributed by atoms with Crippen molar-refractivity contribution in [1.29, 1.82) is 0 Å². The number of hydrogen-bond acceptors (Lipinski definition) is 4. The van der Waals surface area contributed by atoms with Gasteiger partial charge in [0.2, 0.25) is 0 Å². The molecule has 1 aromatic rings. The van der Waals surface area contributed by atoms with Gasteiger partial charge in [0.05, 0.1) is 6.61 Å². The molecule has 5 nitrogen and oxygen atoms in total. The molecule has 0 spiro atoms. The lowest BCUT2D eigenvalue weighted by Crippen LogP contribution is -2.45. The summed E-state index contributed by atoms with van der Waals surface area (Å²) in [6, 6.07) is 7.97. The fourth-order valence-electron chi connectivity index (χ4n) is 2.42. The molecule has 2 N–H and O–H groups in total. The van der Waals surface area contributed by atoms with E-state index in [1.807, 2.05) is 18.2 Å². The van der Waals surface area contributed by atoms with Gasteiger partial charge in [-0.15, -0.1) is 0 Å². The van der Waals surface area contributed by atoms with Crippen LogP contribution in [0.2, 0.25) is 0 Å². The van der Waals surface area contributed by atoms with Gasteiger partial charge < -0.3 is 15.4 Å². The second-order valence-corrected chi connectivity index (χ2v) is 5.17. The summed E-state index contributed by atoms with van der Waals surface area (Å²) >= 11 is 0. The highest BCUT2D eigenvalue weighted by Crippen LogP contribution is 2.18. The Kier molecular flexibility index (Phi) is 6.17. The van der Waals surface area contributed by atoms with E-state index >= 15 is 0 Å². The molecular formula is C16H25N3O2. The number of para-hydroxylation sites is 1. The Morgan fingerprint density at radius 2 is 2.14 bits per heavy atom. The van der Waals surface area contributed by atoms with E-state index in [1.54, 1.807) is 0 Å². The van der Waals surface area contributed by atoms with Crippen molar-refractivity contribution >= 4 is 11.6 Å². The lowest BCUT2D eigenvalue weighted by Gasteiger charge is -2.24. The third-order valence-corrected chi connectivity index (χ3v) is 3.78. The molecule has 0 aromatic heterocycles. The number of benzene rings is 1. The van der Waals surface area contributed by atoms with Gasteiger partial charge in [-0.3, -0.25) is 9.69 Å². The number of carbonyl (C=O) groups is 1. The van der Waals surface area contributed by atoms with Gasteiger partial charge in [0, 0.05) is 25.3 Å². The Labute approximate surface area is 126 Å². The van der Waals surface area contributed by atoms with Crippen LogP contribution in [0.5, 0.6) is 0 Å². The van der Waals surface area contributed by atoms with Crippen molar-refractivity contribution in [3.63, 3.8) is 0 Å². The number of rotatable bonds is 6. The first-order chi connectivity index (χ1) is 10.2. The number of nitrogens with zero attached hydrogens (tertiary/aromatic N) is 1. The summed E-state index contributed by atoms with van der Waals surface area (Å²) in [5.74, 6) is -0.0748. The molecule has 0 radical (unpaired) electrons. The Hall–Kier alpha value is -1.43. The van der Waals surface area contributed by atoms with E-state index in [9.17, 15) is 4.79 Å². The zero-order valence-corrected chi connectivity index (χ0v) is 12.9. The van der Waals surface area contributed by atoms with Gasteiger partial charge in [-0.25, -0.2) is 0 Å². The predicted octanol–water partition coefficient (Wildman–Crippen LogP) is 1.46. The molecule has 21 heavy (non-hydrogen) atoms. The van der Waals surface area contributed by atoms with Gasteiger partial charge in [-0.2, -0.15) is 0 Å². The zero-order valence-electron chi connectivity index (χ0n) is 12.9. The number of hydrogen-bond donors (Lipinski definition) is 2. The minimum atomic E-state index is -0.403. The third-order valence-electron chi connectivity index (χ3n) is 3.78. The number of nitrogens with one attached hydrogen (secondary N) is 2. The molecule has 0 bridgehead atoms. The van der Waals surface area contributed by atoms with Crippen molar-refractivity contribution in [2.24, 2.45) is 0 Å². The average molecular weight is 291 g/mol. The van der Waals surface area contributed by atoms with Gasteiger partial charge in [0.25, 0.3) is 5.91 Å². The molecular weight excluding hydrogens is 266 g/mol. The van der Waals surface area contributed by atoms with Gasteiger partial charge >= 0.3 is 0 Å². The molecule has 2 rings (SSSR count). The van der Waals surface area contributed by atoms with Crippen molar-refractivity contribution in [1.82, 2.24) is 10.2 Å². The van der Waals surface area contributed by atoms with Gasteiger partial charge in [-0.05, 0) is 24.7 Å². The number of morpholine rings is 1. The molecule has 1 aliphatic rings. The fourth-order valence-corrected chi connectivity index (χ4v) is 2.42. The Bertz CT molecular complexity index is 455. The first-order valence-corrected chi connectivity index (χ1v) is 7.68. The third kappa shape index (κ3) is 4.52. The van der Waals surface area contributed by atoms with E-state index in [1.165, 1.54) is 0 Å². The summed E-state index contributed by atoms with van der Waals surface area (Å²) in [6.45, 7) is 9.08. The van der Waals surface area contributed by atoms with Gasteiger partial charge in [0.1, 0.15) is 6.10 Å². The maximum Gasteiger partial charge on any atom is 0.254 e. The molecule has 1 unspecified atom stereocenters. The van der Waals surface area contributed by atoms with Crippen LogP contribution < -0.4 is 10.6 Å². The number of ether oxygens (including phenoxy) is 1. The second-order valence-electron chi connectivity index (χ2n) is 5.17. The first-order valence-electron chi connectivity index (χ1n) is 7.68. The Morgan fingerprint density at radius 3 is 2.81 bits per heavy atom. The zero-order chi connectivity index (χ0) is 15.1. The first kappa shape index (κ1) is 15.9. The summed E-state index contributed by atoms with van der Waals surface area (Å²) in [4.78, 5) is 14.6. The van der Waals surface area contributed by atoms with Crippen LogP contribution in [0.1, 0.15) is 19.4 Å². The molecule has 1 heterocycles. The van der Waals surface area contributed by atoms with Crippen molar-refractivity contribution in [3.8, 4) is 0 Å². The standard InChI is InChI=1S/C16H25N3O2/c1-3-19(4-2)12-13-7-5-6-8-14(13)18-16(20)15-11-17-9-10-21-15/h5-8,15,17H,3-4,9-12H2,1-2H3,(H,18,20). The second kappa shape index (κ2) is 8.12. The van der Waals surface area contributed by atoms with Crippen molar-refractivity contribution < 1.29 is 9.53 Å². The quantitative estimate of drug-likeness (QED) is 0.833. The average Bonchev–Trinajstić information content (AvgIpc) is 2.54. The van der Waals surface area contributed by atoms with Gasteiger partial charge in [-0.1, -0.05) is 32.0 Å². The van der Waals surface area contributed by atoms with Crippen molar-refractivity contribution in [3.05, 3.63) is 29.8 Å². The molecule has 1 amide bonds. The Balaban J connectivity index is 2.03. The van der Waals surface area contributed by atoms with E-state index in [-0.39, 0.29) is 5.91 Å². The SMILES string of the molecule is CCN(CC)Cc1ccccc1NC(=O)C1CNCCO1. The molecule has 1 aliphatic heterocycles. The number of anilines is 1. The summed E-state index contributed by atoms with van der Waals surface area (Å²) < 4.78 is 5.49. The van der Waals surface area contributed by atoms with E-state index in [0.717, 1.165) is 37.4 Å². The predicted molar refractivity (Wildman–Crippen MR) is 84.3 cm³/mol. The summed E-state index contributed by atoms with van der Waals surface area (Å²) in [5, 5.41) is 6.18. The molecule has 1 aromatic carbocycles. The summed E-state index contributed by atoms with van der Waals surface area (Å²) in [6.07, 6.45) is -0.403. The Morgan fingerprint density at radius 1 is 1.38 bits per heavy atom. The maximum atomic E-state index is 12.3. The smallest absolute Gasteiger partial charge is 0.254 e. The summed E-state index contributed by atoms with van der Waals surface area (Å²) in [7, 11) is 0. The van der Waals surface area contributed by atoms with Crippen molar-refractivity contribution in [2.75, 3.05) is 38.1 Å². The topological polar surface area (TPSA) is 53.6 Å².